The van der Waals surface area contributed by atoms with Crippen molar-refractivity contribution in [3.05, 3.63) is 59.9 Å². The highest BCUT2D eigenvalue weighted by Gasteiger charge is 2.12. The predicted octanol–water partition coefficient (Wildman–Crippen LogP) is 2.84. The minimum Gasteiger partial charge on any atom is -0.491 e. The fourth-order valence-corrected chi connectivity index (χ4v) is 2.15. The van der Waals surface area contributed by atoms with Gasteiger partial charge in [0.15, 0.2) is 18.2 Å². The summed E-state index contributed by atoms with van der Waals surface area (Å²) < 4.78 is 24.1. The molecule has 0 saturated carbocycles. The van der Waals surface area contributed by atoms with E-state index in [0.29, 0.717) is 11.3 Å². The summed E-state index contributed by atoms with van der Waals surface area (Å²) in [7, 11) is 0. The number of aliphatic hydroxyl groups excluding tert-OH is 1. The van der Waals surface area contributed by atoms with E-state index in [-0.39, 0.29) is 25.0 Å². The number of amides is 1. The van der Waals surface area contributed by atoms with Crippen LogP contribution in [0.5, 0.6) is 11.5 Å². The molecule has 0 unspecified atom stereocenters. The molecule has 5 nitrogen and oxygen atoms in total. The van der Waals surface area contributed by atoms with E-state index in [0.717, 1.165) is 0 Å². The normalized spacial score (nSPS) is 11.9. The van der Waals surface area contributed by atoms with Crippen LogP contribution in [0.4, 0.5) is 4.39 Å². The van der Waals surface area contributed by atoms with Gasteiger partial charge in [-0.3, -0.25) is 4.79 Å². The first-order chi connectivity index (χ1) is 12.0. The monoisotopic (exact) mass is 347 g/mol. The number of hydrogen-bond donors (Lipinski definition) is 2. The van der Waals surface area contributed by atoms with Crippen LogP contribution in [0.3, 0.4) is 0 Å². The van der Waals surface area contributed by atoms with E-state index in [1.54, 1.807) is 30.3 Å². The van der Waals surface area contributed by atoms with Crippen molar-refractivity contribution >= 4 is 5.91 Å². The van der Waals surface area contributed by atoms with Crippen LogP contribution in [0.1, 0.15) is 25.5 Å². The Kier molecular flexibility index (Phi) is 6.77. The third kappa shape index (κ3) is 6.08. The fraction of sp³-hybridized carbons (Fsp3) is 0.316. The van der Waals surface area contributed by atoms with E-state index >= 15 is 0 Å². The number of hydrogen-bond acceptors (Lipinski definition) is 4. The van der Waals surface area contributed by atoms with Crippen LogP contribution in [0.25, 0.3) is 0 Å². The number of rotatable bonds is 8. The van der Waals surface area contributed by atoms with Crippen molar-refractivity contribution in [1.29, 1.82) is 0 Å². The topological polar surface area (TPSA) is 67.8 Å². The Morgan fingerprint density at radius 1 is 1.20 bits per heavy atom. The van der Waals surface area contributed by atoms with Gasteiger partial charge in [0.1, 0.15) is 5.75 Å². The van der Waals surface area contributed by atoms with Gasteiger partial charge in [-0.05, 0) is 43.7 Å². The summed E-state index contributed by atoms with van der Waals surface area (Å²) in [5.41, 5.74) is 0.633. The molecular weight excluding hydrogens is 325 g/mol. The van der Waals surface area contributed by atoms with Gasteiger partial charge in [0.2, 0.25) is 0 Å². The Morgan fingerprint density at radius 3 is 2.68 bits per heavy atom. The molecule has 2 aromatic rings. The molecule has 6 heteroatoms. The Morgan fingerprint density at radius 2 is 1.96 bits per heavy atom. The SMILES string of the molecule is CC(C)Oc1cccc([C@H](O)CNC(=O)COc2ccccc2F)c1. The largest absolute Gasteiger partial charge is 0.491 e. The molecule has 0 bridgehead atoms. The molecule has 0 aliphatic rings. The first kappa shape index (κ1) is 18.7. The second-order valence-electron chi connectivity index (χ2n) is 5.78. The van der Waals surface area contributed by atoms with Crippen molar-refractivity contribution < 1.29 is 23.8 Å². The summed E-state index contributed by atoms with van der Waals surface area (Å²) in [4.78, 5) is 11.8. The van der Waals surface area contributed by atoms with Crippen LogP contribution < -0.4 is 14.8 Å². The molecule has 25 heavy (non-hydrogen) atoms. The zero-order chi connectivity index (χ0) is 18.2. The van der Waals surface area contributed by atoms with Gasteiger partial charge in [0.25, 0.3) is 5.91 Å². The van der Waals surface area contributed by atoms with Crippen LogP contribution >= 0.6 is 0 Å². The lowest BCUT2D eigenvalue weighted by Crippen LogP contribution is -2.32. The maximum absolute atomic E-state index is 13.4. The smallest absolute Gasteiger partial charge is 0.258 e. The van der Waals surface area contributed by atoms with E-state index in [9.17, 15) is 14.3 Å². The van der Waals surface area contributed by atoms with Crippen molar-refractivity contribution in [2.75, 3.05) is 13.2 Å². The molecular formula is C19H22FNO4. The average Bonchev–Trinajstić information content (AvgIpc) is 2.58. The molecule has 2 rings (SSSR count). The van der Waals surface area contributed by atoms with E-state index in [2.05, 4.69) is 5.32 Å². The van der Waals surface area contributed by atoms with Gasteiger partial charge in [-0.25, -0.2) is 4.39 Å². The van der Waals surface area contributed by atoms with Gasteiger partial charge in [0, 0.05) is 6.54 Å². The summed E-state index contributed by atoms with van der Waals surface area (Å²) in [6.45, 7) is 3.52. The number of para-hydroxylation sites is 1. The highest BCUT2D eigenvalue weighted by Crippen LogP contribution is 2.20. The molecule has 1 atom stereocenters. The lowest BCUT2D eigenvalue weighted by Gasteiger charge is -2.15. The second kappa shape index (κ2) is 9.03. The number of carbonyl (C=O) groups excluding carboxylic acids is 1. The molecule has 2 N–H and O–H groups in total. The number of ether oxygens (including phenoxy) is 2. The summed E-state index contributed by atoms with van der Waals surface area (Å²) in [5, 5.41) is 12.7. The molecule has 134 valence electrons. The number of halogens is 1. The van der Waals surface area contributed by atoms with Crippen LogP contribution in [0, 0.1) is 5.82 Å². The Hall–Kier alpha value is -2.60. The van der Waals surface area contributed by atoms with Crippen molar-refractivity contribution in [2.24, 2.45) is 0 Å². The van der Waals surface area contributed by atoms with E-state index < -0.39 is 17.8 Å². The first-order valence-electron chi connectivity index (χ1n) is 8.04. The lowest BCUT2D eigenvalue weighted by atomic mass is 10.1. The molecule has 0 aliphatic heterocycles. The molecule has 0 radical (unpaired) electrons. The number of benzene rings is 2. The van der Waals surface area contributed by atoms with Gasteiger partial charge in [0.05, 0.1) is 12.2 Å². The van der Waals surface area contributed by atoms with Crippen molar-refractivity contribution in [2.45, 2.75) is 26.1 Å². The van der Waals surface area contributed by atoms with Crippen LogP contribution in [-0.2, 0) is 4.79 Å². The van der Waals surface area contributed by atoms with Gasteiger partial charge in [-0.2, -0.15) is 0 Å². The zero-order valence-corrected chi connectivity index (χ0v) is 14.2. The average molecular weight is 347 g/mol. The Balaban J connectivity index is 1.82. The first-order valence-corrected chi connectivity index (χ1v) is 8.04. The molecule has 2 aromatic carbocycles. The molecule has 0 spiro atoms. The molecule has 0 aliphatic carbocycles. The maximum atomic E-state index is 13.4. The third-order valence-corrected chi connectivity index (χ3v) is 3.30. The van der Waals surface area contributed by atoms with Crippen molar-refractivity contribution in [3.63, 3.8) is 0 Å². The zero-order valence-electron chi connectivity index (χ0n) is 14.2. The standard InChI is InChI=1S/C19H22FNO4/c1-13(2)25-15-7-5-6-14(10-15)17(22)11-21-19(23)12-24-18-9-4-3-8-16(18)20/h3-10,13,17,22H,11-12H2,1-2H3,(H,21,23)/t17-/m1/s1. The van der Waals surface area contributed by atoms with Crippen LogP contribution in [0.2, 0.25) is 0 Å². The molecule has 0 saturated heterocycles. The highest BCUT2D eigenvalue weighted by atomic mass is 19.1. The van der Waals surface area contributed by atoms with Crippen molar-refractivity contribution in [3.8, 4) is 11.5 Å². The second-order valence-corrected chi connectivity index (χ2v) is 5.78. The predicted molar refractivity (Wildman–Crippen MR) is 92.1 cm³/mol. The number of nitrogens with one attached hydrogen (secondary N) is 1. The van der Waals surface area contributed by atoms with E-state index in [1.807, 2.05) is 13.8 Å². The van der Waals surface area contributed by atoms with E-state index in [1.165, 1.54) is 18.2 Å². The Bertz CT molecular complexity index is 705. The third-order valence-electron chi connectivity index (χ3n) is 3.30. The molecule has 1 amide bonds. The van der Waals surface area contributed by atoms with Gasteiger partial charge >= 0.3 is 0 Å². The molecule has 0 aromatic heterocycles. The summed E-state index contributed by atoms with van der Waals surface area (Å²) in [6, 6.07) is 12.9. The molecule has 0 heterocycles. The lowest BCUT2D eigenvalue weighted by molar-refractivity contribution is -0.123. The quantitative estimate of drug-likeness (QED) is 0.771. The number of carbonyl (C=O) groups is 1. The van der Waals surface area contributed by atoms with Gasteiger partial charge < -0.3 is 19.9 Å². The summed E-state index contributed by atoms with van der Waals surface area (Å²) in [5.74, 6) is -0.313. The van der Waals surface area contributed by atoms with E-state index in [4.69, 9.17) is 9.47 Å². The summed E-state index contributed by atoms with van der Waals surface area (Å²) >= 11 is 0. The number of aliphatic hydroxyl groups is 1. The minimum atomic E-state index is -0.881. The Labute approximate surface area is 146 Å². The fourth-order valence-electron chi connectivity index (χ4n) is 2.15. The highest BCUT2D eigenvalue weighted by molar-refractivity contribution is 5.77. The summed E-state index contributed by atoms with van der Waals surface area (Å²) in [6.07, 6.45) is -0.851. The maximum Gasteiger partial charge on any atom is 0.258 e. The van der Waals surface area contributed by atoms with Crippen LogP contribution in [0.15, 0.2) is 48.5 Å². The van der Waals surface area contributed by atoms with Gasteiger partial charge in [-0.15, -0.1) is 0 Å². The van der Waals surface area contributed by atoms with Crippen molar-refractivity contribution in [1.82, 2.24) is 5.32 Å². The van der Waals surface area contributed by atoms with Gasteiger partial charge in [-0.1, -0.05) is 24.3 Å². The molecule has 0 fully saturated rings. The minimum absolute atomic E-state index is 0.0109. The van der Waals surface area contributed by atoms with Crippen LogP contribution in [-0.4, -0.2) is 30.3 Å².